The molecule has 3 aliphatic rings. The molecule has 148 valence electrons. The van der Waals surface area contributed by atoms with Crippen LogP contribution in [0.25, 0.3) is 0 Å². The van der Waals surface area contributed by atoms with E-state index in [0.717, 1.165) is 24.2 Å². The van der Waals surface area contributed by atoms with Crippen LogP contribution < -0.4 is 4.90 Å². The number of ether oxygens (including phenoxy) is 1. The van der Waals surface area contributed by atoms with Crippen LogP contribution >= 0.6 is 0 Å². The Hall–Kier alpha value is -2.70. The predicted molar refractivity (Wildman–Crippen MR) is 101 cm³/mol. The van der Waals surface area contributed by atoms with Crippen LogP contribution in [0.3, 0.4) is 0 Å². The van der Waals surface area contributed by atoms with Crippen LogP contribution in [0.5, 0.6) is 0 Å². The number of anilines is 1. The SMILES string of the molecule is O=C(CN1C(=O)C(=O)c2ccccc21)OCC(=O)N1CCC[C@@H]2CCCC[C@H]21. The number of para-hydroxylation sites is 1. The Balaban J connectivity index is 1.34. The summed E-state index contributed by atoms with van der Waals surface area (Å²) >= 11 is 0. The molecule has 7 nitrogen and oxygen atoms in total. The van der Waals surface area contributed by atoms with Crippen LogP contribution in [0, 0.1) is 5.92 Å². The van der Waals surface area contributed by atoms with Crippen molar-refractivity contribution in [3.63, 3.8) is 0 Å². The Morgan fingerprint density at radius 2 is 1.79 bits per heavy atom. The largest absolute Gasteiger partial charge is 0.454 e. The number of piperidine rings is 1. The Morgan fingerprint density at radius 3 is 2.64 bits per heavy atom. The smallest absolute Gasteiger partial charge is 0.326 e. The van der Waals surface area contributed by atoms with E-state index in [1.807, 2.05) is 4.90 Å². The van der Waals surface area contributed by atoms with E-state index in [9.17, 15) is 19.2 Å². The number of ketones is 1. The summed E-state index contributed by atoms with van der Waals surface area (Å²) in [5.74, 6) is -1.67. The molecule has 2 heterocycles. The molecule has 4 rings (SSSR count). The first-order valence-corrected chi connectivity index (χ1v) is 9.96. The van der Waals surface area contributed by atoms with Gasteiger partial charge >= 0.3 is 5.97 Å². The van der Waals surface area contributed by atoms with E-state index in [1.165, 1.54) is 19.3 Å². The van der Waals surface area contributed by atoms with Gasteiger partial charge in [-0.05, 0) is 43.7 Å². The summed E-state index contributed by atoms with van der Waals surface area (Å²) in [6.45, 7) is 0.0185. The Morgan fingerprint density at radius 1 is 1.04 bits per heavy atom. The first-order valence-electron chi connectivity index (χ1n) is 9.96. The number of carbonyl (C=O) groups is 4. The van der Waals surface area contributed by atoms with Gasteiger partial charge in [0, 0.05) is 12.6 Å². The number of esters is 1. The quantitative estimate of drug-likeness (QED) is 0.585. The highest BCUT2D eigenvalue weighted by Crippen LogP contribution is 2.35. The fourth-order valence-corrected chi connectivity index (χ4v) is 4.74. The van der Waals surface area contributed by atoms with Crippen LogP contribution in [0.1, 0.15) is 48.9 Å². The molecular formula is C21H24N2O5. The second kappa shape index (κ2) is 7.73. The van der Waals surface area contributed by atoms with Crippen molar-refractivity contribution < 1.29 is 23.9 Å². The minimum Gasteiger partial charge on any atom is -0.454 e. The summed E-state index contributed by atoms with van der Waals surface area (Å²) in [7, 11) is 0. The van der Waals surface area contributed by atoms with Gasteiger partial charge in [0.05, 0.1) is 11.3 Å². The van der Waals surface area contributed by atoms with Gasteiger partial charge in [0.25, 0.3) is 17.6 Å². The number of carbonyl (C=O) groups excluding carboxylic acids is 4. The van der Waals surface area contributed by atoms with Gasteiger partial charge in [0.15, 0.2) is 6.61 Å². The lowest BCUT2D eigenvalue weighted by molar-refractivity contribution is -0.154. The van der Waals surface area contributed by atoms with E-state index in [0.29, 0.717) is 18.2 Å². The zero-order valence-corrected chi connectivity index (χ0v) is 15.8. The van der Waals surface area contributed by atoms with Gasteiger partial charge in [-0.25, -0.2) is 0 Å². The van der Waals surface area contributed by atoms with Crippen LogP contribution in [-0.2, 0) is 19.1 Å². The molecule has 0 spiro atoms. The maximum atomic E-state index is 12.6. The number of rotatable bonds is 4. The molecule has 1 aromatic rings. The predicted octanol–water partition coefficient (Wildman–Crippen LogP) is 1.94. The van der Waals surface area contributed by atoms with Crippen LogP contribution in [0.4, 0.5) is 5.69 Å². The summed E-state index contributed by atoms with van der Waals surface area (Å²) in [4.78, 5) is 52.0. The minimum atomic E-state index is -0.745. The second-order valence-corrected chi connectivity index (χ2v) is 7.74. The van der Waals surface area contributed by atoms with Crippen LogP contribution in [-0.4, -0.2) is 54.2 Å². The van der Waals surface area contributed by atoms with Gasteiger partial charge in [-0.3, -0.25) is 24.1 Å². The van der Waals surface area contributed by atoms with E-state index in [-0.39, 0.29) is 30.7 Å². The Bertz CT molecular complexity index is 819. The van der Waals surface area contributed by atoms with Crippen molar-refractivity contribution in [1.29, 1.82) is 0 Å². The number of likely N-dealkylation sites (tertiary alicyclic amines) is 1. The lowest BCUT2D eigenvalue weighted by Gasteiger charge is -2.44. The standard InChI is InChI=1S/C21H24N2O5/c24-18(22-11-5-7-14-6-1-3-9-16(14)22)13-28-19(25)12-23-17-10-4-2-8-15(17)20(26)21(23)27/h2,4,8,10,14,16H,1,3,5-7,9,11-13H2/t14-,16+/m0/s1. The highest BCUT2D eigenvalue weighted by Gasteiger charge is 2.38. The molecule has 2 atom stereocenters. The summed E-state index contributed by atoms with van der Waals surface area (Å²) < 4.78 is 5.16. The molecule has 0 radical (unpaired) electrons. The van der Waals surface area contributed by atoms with Crippen molar-refractivity contribution in [1.82, 2.24) is 4.90 Å². The number of amides is 2. The molecule has 2 aliphatic heterocycles. The van der Waals surface area contributed by atoms with Crippen molar-refractivity contribution in [2.24, 2.45) is 5.92 Å². The number of nitrogens with zero attached hydrogens (tertiary/aromatic N) is 2. The first kappa shape index (κ1) is 18.7. The molecule has 0 N–H and O–H groups in total. The van der Waals surface area contributed by atoms with E-state index in [4.69, 9.17) is 4.74 Å². The number of hydrogen-bond acceptors (Lipinski definition) is 5. The molecule has 0 bridgehead atoms. The third kappa shape index (κ3) is 3.41. The molecule has 0 unspecified atom stereocenters. The van der Waals surface area contributed by atoms with Gasteiger partial charge in [-0.1, -0.05) is 25.0 Å². The van der Waals surface area contributed by atoms with Gasteiger partial charge < -0.3 is 9.64 Å². The highest BCUT2D eigenvalue weighted by molar-refractivity contribution is 6.52. The molecule has 1 aliphatic carbocycles. The molecule has 1 aromatic carbocycles. The van der Waals surface area contributed by atoms with E-state index in [2.05, 4.69) is 0 Å². The fourth-order valence-electron chi connectivity index (χ4n) is 4.74. The van der Waals surface area contributed by atoms with Gasteiger partial charge in [-0.2, -0.15) is 0 Å². The zero-order valence-electron chi connectivity index (χ0n) is 15.8. The monoisotopic (exact) mass is 384 g/mol. The highest BCUT2D eigenvalue weighted by atomic mass is 16.5. The maximum Gasteiger partial charge on any atom is 0.326 e. The molecule has 2 fully saturated rings. The molecule has 2 amide bonds. The average molecular weight is 384 g/mol. The molecule has 1 saturated carbocycles. The minimum absolute atomic E-state index is 0.172. The third-order valence-electron chi connectivity index (χ3n) is 6.09. The van der Waals surface area contributed by atoms with Crippen molar-refractivity contribution >= 4 is 29.3 Å². The zero-order chi connectivity index (χ0) is 19.7. The normalized spacial score (nSPS) is 24.0. The lowest BCUT2D eigenvalue weighted by Crippen LogP contribution is -2.51. The van der Waals surface area contributed by atoms with Crippen molar-refractivity contribution in [2.75, 3.05) is 24.6 Å². The van der Waals surface area contributed by atoms with Gasteiger partial charge in [0.1, 0.15) is 6.54 Å². The number of fused-ring (bicyclic) bond motifs is 2. The fraction of sp³-hybridized carbons (Fsp3) is 0.524. The number of hydrogen-bond donors (Lipinski definition) is 0. The Kier molecular flexibility index (Phi) is 5.15. The first-order chi connectivity index (χ1) is 13.6. The van der Waals surface area contributed by atoms with E-state index >= 15 is 0 Å². The van der Waals surface area contributed by atoms with Crippen molar-refractivity contribution in [2.45, 2.75) is 44.6 Å². The summed E-state index contributed by atoms with van der Waals surface area (Å²) in [5, 5.41) is 0. The summed E-state index contributed by atoms with van der Waals surface area (Å²) in [5.41, 5.74) is 0.690. The van der Waals surface area contributed by atoms with Gasteiger partial charge in [0.2, 0.25) is 0 Å². The van der Waals surface area contributed by atoms with E-state index in [1.54, 1.807) is 24.3 Å². The van der Waals surface area contributed by atoms with Crippen molar-refractivity contribution in [3.8, 4) is 0 Å². The average Bonchev–Trinajstić information content (AvgIpc) is 2.96. The second-order valence-electron chi connectivity index (χ2n) is 7.74. The molecule has 1 saturated heterocycles. The van der Waals surface area contributed by atoms with Crippen LogP contribution in [0.15, 0.2) is 24.3 Å². The van der Waals surface area contributed by atoms with Crippen molar-refractivity contribution in [3.05, 3.63) is 29.8 Å². The Labute approximate surface area is 163 Å². The third-order valence-corrected chi connectivity index (χ3v) is 6.09. The molecule has 28 heavy (non-hydrogen) atoms. The molecular weight excluding hydrogens is 360 g/mol. The lowest BCUT2D eigenvalue weighted by atomic mass is 9.78. The van der Waals surface area contributed by atoms with E-state index < -0.39 is 17.7 Å². The maximum absolute atomic E-state index is 12.6. The topological polar surface area (TPSA) is 84.0 Å². The van der Waals surface area contributed by atoms with Gasteiger partial charge in [-0.15, -0.1) is 0 Å². The number of benzene rings is 1. The summed E-state index contributed by atoms with van der Waals surface area (Å²) in [6.07, 6.45) is 6.70. The summed E-state index contributed by atoms with van der Waals surface area (Å²) in [6, 6.07) is 6.80. The molecule has 7 heteroatoms. The number of Topliss-reactive ketones (excluding diaryl/α,β-unsaturated/α-hetero) is 1. The molecule has 0 aromatic heterocycles. The van der Waals surface area contributed by atoms with Crippen LogP contribution in [0.2, 0.25) is 0 Å².